The average Bonchev–Trinajstić information content (AvgIpc) is 3.07. The van der Waals surface area contributed by atoms with Gasteiger partial charge in [-0.2, -0.15) is 0 Å². The Morgan fingerprint density at radius 2 is 0.848 bits per heavy atom. The maximum absolute atomic E-state index is 13.9. The monoisotopic (exact) mass is 636 g/mol. The first-order chi connectivity index (χ1) is 22.4. The maximum atomic E-state index is 13.9. The molecule has 0 saturated heterocycles. The number of unbranched alkanes of at least 4 members (excludes halogenated alkanes) is 1. The van der Waals surface area contributed by atoms with E-state index in [1.54, 1.807) is 0 Å². The molecule has 258 valence electrons. The second-order valence-electron chi connectivity index (χ2n) is 12.8. The summed E-state index contributed by atoms with van der Waals surface area (Å²) >= 11 is 0. The molecule has 0 spiro atoms. The van der Waals surface area contributed by atoms with Crippen LogP contribution in [0.3, 0.4) is 0 Å². The minimum Gasteiger partial charge on any atom is -0.494 e. The number of ether oxygens (including phenoxy) is 2. The SMILES string of the molecule is CCCOc1ccc(C(=O)[C@H](CCCC[C@H](CN(CCC)CCC)C(=O)c2ccc(OCCC)cc2)CN(CCC)CCC)cc1. The first kappa shape index (κ1) is 39.5. The van der Waals surface area contributed by atoms with E-state index in [2.05, 4.69) is 51.3 Å². The lowest BCUT2D eigenvalue weighted by atomic mass is 9.88. The molecule has 0 aliphatic heterocycles. The fourth-order valence-electron chi connectivity index (χ4n) is 6.21. The normalized spacial score (nSPS) is 12.8. The topological polar surface area (TPSA) is 59.1 Å². The number of hydrogen-bond donors (Lipinski definition) is 0. The summed E-state index contributed by atoms with van der Waals surface area (Å²) < 4.78 is 11.5. The van der Waals surface area contributed by atoms with Crippen molar-refractivity contribution in [3.63, 3.8) is 0 Å². The minimum absolute atomic E-state index is 0.0676. The summed E-state index contributed by atoms with van der Waals surface area (Å²) in [4.78, 5) is 32.7. The third kappa shape index (κ3) is 14.4. The number of benzene rings is 2. The van der Waals surface area contributed by atoms with Crippen molar-refractivity contribution in [2.45, 2.75) is 106 Å². The molecule has 0 aromatic heterocycles. The van der Waals surface area contributed by atoms with E-state index in [1.165, 1.54) is 0 Å². The molecule has 2 atom stereocenters. The molecule has 2 aromatic carbocycles. The summed E-state index contributed by atoms with van der Waals surface area (Å²) in [5, 5.41) is 0. The summed E-state index contributed by atoms with van der Waals surface area (Å²) in [6, 6.07) is 15.4. The first-order valence-corrected chi connectivity index (χ1v) is 18.4. The van der Waals surface area contributed by atoms with Crippen molar-refractivity contribution in [2.75, 3.05) is 52.5 Å². The zero-order valence-electron chi connectivity index (χ0n) is 30.0. The third-order valence-electron chi connectivity index (χ3n) is 8.44. The fourth-order valence-corrected chi connectivity index (χ4v) is 6.21. The number of ketones is 2. The van der Waals surface area contributed by atoms with Crippen LogP contribution >= 0.6 is 0 Å². The molecule has 6 nitrogen and oxygen atoms in total. The maximum Gasteiger partial charge on any atom is 0.167 e. The first-order valence-electron chi connectivity index (χ1n) is 18.4. The number of rotatable bonds is 27. The van der Waals surface area contributed by atoms with Gasteiger partial charge in [0.2, 0.25) is 0 Å². The number of Topliss-reactive ketones (excluding diaryl/α,β-unsaturated/α-hetero) is 2. The van der Waals surface area contributed by atoms with Gasteiger partial charge in [0.1, 0.15) is 11.5 Å². The van der Waals surface area contributed by atoms with E-state index in [9.17, 15) is 9.59 Å². The highest BCUT2D eigenvalue weighted by Crippen LogP contribution is 2.24. The van der Waals surface area contributed by atoms with Crippen LogP contribution in [0.4, 0.5) is 0 Å². The van der Waals surface area contributed by atoms with E-state index in [1.807, 2.05) is 48.5 Å². The number of carbonyl (C=O) groups is 2. The highest BCUT2D eigenvalue weighted by Gasteiger charge is 2.25. The fraction of sp³-hybridized carbons (Fsp3) is 0.650. The molecule has 0 saturated carbocycles. The smallest absolute Gasteiger partial charge is 0.167 e. The lowest BCUT2D eigenvalue weighted by Crippen LogP contribution is -2.35. The van der Waals surface area contributed by atoms with Gasteiger partial charge in [-0.1, -0.05) is 54.4 Å². The number of nitrogens with zero attached hydrogens (tertiary/aromatic N) is 2. The molecule has 0 aliphatic carbocycles. The molecule has 0 unspecified atom stereocenters. The molecular formula is C40H64N2O4. The van der Waals surface area contributed by atoms with Gasteiger partial charge in [0.25, 0.3) is 0 Å². The van der Waals surface area contributed by atoms with Crippen molar-refractivity contribution in [3.05, 3.63) is 59.7 Å². The Balaban J connectivity index is 2.17. The summed E-state index contributed by atoms with van der Waals surface area (Å²) in [5.41, 5.74) is 1.52. The van der Waals surface area contributed by atoms with Crippen LogP contribution in [0, 0.1) is 11.8 Å². The van der Waals surface area contributed by atoms with Gasteiger partial charge >= 0.3 is 0 Å². The van der Waals surface area contributed by atoms with Crippen LogP contribution in [0.2, 0.25) is 0 Å². The van der Waals surface area contributed by atoms with Crippen LogP contribution in [0.5, 0.6) is 11.5 Å². The molecule has 2 aromatic rings. The highest BCUT2D eigenvalue weighted by molar-refractivity contribution is 5.98. The molecule has 0 bridgehead atoms. The molecule has 0 radical (unpaired) electrons. The van der Waals surface area contributed by atoms with Gasteiger partial charge in [-0.05, 0) is 126 Å². The minimum atomic E-state index is -0.0676. The largest absolute Gasteiger partial charge is 0.494 e. The molecule has 0 amide bonds. The summed E-state index contributed by atoms with van der Waals surface area (Å²) in [6.45, 7) is 19.9. The average molecular weight is 637 g/mol. The van der Waals surface area contributed by atoms with Crippen molar-refractivity contribution in [1.29, 1.82) is 0 Å². The Morgan fingerprint density at radius 1 is 0.522 bits per heavy atom. The van der Waals surface area contributed by atoms with Gasteiger partial charge in [-0.25, -0.2) is 0 Å². The predicted molar refractivity (Wildman–Crippen MR) is 193 cm³/mol. The summed E-state index contributed by atoms with van der Waals surface area (Å²) in [6.07, 6.45) is 9.72. The summed E-state index contributed by atoms with van der Waals surface area (Å²) in [5.74, 6) is 1.92. The van der Waals surface area contributed by atoms with Crippen LogP contribution < -0.4 is 9.47 Å². The van der Waals surface area contributed by atoms with Crippen molar-refractivity contribution < 1.29 is 19.1 Å². The quantitative estimate of drug-likeness (QED) is 0.0719. The van der Waals surface area contributed by atoms with Gasteiger partial charge in [0.05, 0.1) is 13.2 Å². The Kier molecular flexibility index (Phi) is 20.2. The second-order valence-corrected chi connectivity index (χ2v) is 12.8. The molecular weight excluding hydrogens is 572 g/mol. The van der Waals surface area contributed by atoms with Crippen LogP contribution in [0.1, 0.15) is 126 Å². The predicted octanol–water partition coefficient (Wildman–Crippen LogP) is 9.37. The lowest BCUT2D eigenvalue weighted by Gasteiger charge is -2.28. The van der Waals surface area contributed by atoms with Crippen LogP contribution in [-0.2, 0) is 0 Å². The van der Waals surface area contributed by atoms with Crippen molar-refractivity contribution in [2.24, 2.45) is 11.8 Å². The van der Waals surface area contributed by atoms with Crippen LogP contribution in [0.15, 0.2) is 48.5 Å². The van der Waals surface area contributed by atoms with Gasteiger partial charge in [0.15, 0.2) is 11.6 Å². The Morgan fingerprint density at radius 3 is 1.13 bits per heavy atom. The Bertz CT molecular complexity index is 986. The van der Waals surface area contributed by atoms with E-state index in [-0.39, 0.29) is 23.4 Å². The zero-order chi connectivity index (χ0) is 33.6. The van der Waals surface area contributed by atoms with Crippen molar-refractivity contribution in [1.82, 2.24) is 9.80 Å². The number of carbonyl (C=O) groups excluding carboxylic acids is 2. The van der Waals surface area contributed by atoms with Gasteiger partial charge < -0.3 is 19.3 Å². The summed E-state index contributed by atoms with van der Waals surface area (Å²) in [7, 11) is 0. The van der Waals surface area contributed by atoms with Crippen molar-refractivity contribution in [3.8, 4) is 11.5 Å². The van der Waals surface area contributed by atoms with Gasteiger partial charge in [-0.3, -0.25) is 9.59 Å². The zero-order valence-corrected chi connectivity index (χ0v) is 30.0. The van der Waals surface area contributed by atoms with E-state index < -0.39 is 0 Å². The molecule has 0 N–H and O–H groups in total. The molecule has 0 fully saturated rings. The van der Waals surface area contributed by atoms with Crippen LogP contribution in [0.25, 0.3) is 0 Å². The standard InChI is InChI=1S/C40H64N2O4/c1-7-25-41(26-8-2)31-35(39(43)33-17-21-37(22-18-33)45-29-11-5)15-13-14-16-36(32-42(27-9-3)28-10-4)40(44)34-19-23-38(24-20-34)46-30-12-6/h17-24,35-36H,7-16,25-32H2,1-6H3/t35-,36-/m1/s1. The second kappa shape index (κ2) is 23.6. The lowest BCUT2D eigenvalue weighted by molar-refractivity contribution is 0.0846. The Labute approximate surface area is 281 Å². The van der Waals surface area contributed by atoms with Crippen molar-refractivity contribution >= 4 is 11.6 Å². The van der Waals surface area contributed by atoms with Gasteiger partial charge in [0, 0.05) is 36.1 Å². The van der Waals surface area contributed by atoms with E-state index in [0.717, 1.165) is 126 Å². The molecule has 0 heterocycles. The van der Waals surface area contributed by atoms with E-state index in [0.29, 0.717) is 13.2 Å². The van der Waals surface area contributed by atoms with E-state index >= 15 is 0 Å². The molecule has 2 rings (SSSR count). The van der Waals surface area contributed by atoms with Crippen LogP contribution in [-0.4, -0.2) is 73.8 Å². The highest BCUT2D eigenvalue weighted by atomic mass is 16.5. The van der Waals surface area contributed by atoms with Gasteiger partial charge in [-0.15, -0.1) is 0 Å². The Hall–Kier alpha value is -2.70. The van der Waals surface area contributed by atoms with E-state index in [4.69, 9.17) is 9.47 Å². The number of hydrogen-bond acceptors (Lipinski definition) is 6. The third-order valence-corrected chi connectivity index (χ3v) is 8.44. The molecule has 46 heavy (non-hydrogen) atoms. The molecule has 6 heteroatoms. The molecule has 0 aliphatic rings.